The van der Waals surface area contributed by atoms with E-state index in [1.54, 1.807) is 4.90 Å². The highest BCUT2D eigenvalue weighted by Gasteiger charge is 2.25. The van der Waals surface area contributed by atoms with E-state index < -0.39 is 11.0 Å². The molecule has 1 saturated heterocycles. The summed E-state index contributed by atoms with van der Waals surface area (Å²) in [5.74, 6) is 0.322. The Morgan fingerprint density at radius 3 is 2.22 bits per heavy atom. The third-order valence-electron chi connectivity index (χ3n) is 4.28. The smallest absolute Gasteiger partial charge is 0.410 e. The monoisotopic (exact) mass is 321 g/mol. The summed E-state index contributed by atoms with van der Waals surface area (Å²) in [6.45, 7) is 7.35. The highest BCUT2D eigenvalue weighted by molar-refractivity contribution is 5.71. The van der Waals surface area contributed by atoms with Crippen molar-refractivity contribution in [2.75, 3.05) is 26.2 Å². The van der Waals surface area contributed by atoms with Gasteiger partial charge in [0.05, 0.1) is 4.92 Å². The topological polar surface area (TPSA) is 75.9 Å². The maximum absolute atomic E-state index is 12.2. The van der Waals surface area contributed by atoms with Crippen molar-refractivity contribution >= 4 is 11.8 Å². The summed E-state index contributed by atoms with van der Waals surface area (Å²) in [6, 6.07) is 6.11. The van der Waals surface area contributed by atoms with Crippen molar-refractivity contribution in [2.45, 2.75) is 32.7 Å². The second-order valence-electron chi connectivity index (χ2n) is 5.61. The minimum atomic E-state index is -0.483. The fourth-order valence-corrected chi connectivity index (χ4v) is 2.88. The maximum Gasteiger partial charge on any atom is 0.415 e. The number of ether oxygens (including phenoxy) is 1. The highest BCUT2D eigenvalue weighted by Crippen LogP contribution is 2.19. The van der Waals surface area contributed by atoms with E-state index in [1.807, 2.05) is 0 Å². The molecule has 1 aliphatic rings. The first-order chi connectivity index (χ1) is 11.0. The normalized spacial score (nSPS) is 15.7. The first kappa shape index (κ1) is 17.2. The number of amides is 1. The van der Waals surface area contributed by atoms with Gasteiger partial charge in [0.1, 0.15) is 5.75 Å². The van der Waals surface area contributed by atoms with Crippen molar-refractivity contribution in [1.82, 2.24) is 9.80 Å². The van der Waals surface area contributed by atoms with E-state index in [2.05, 4.69) is 18.7 Å². The predicted molar refractivity (Wildman–Crippen MR) is 86.6 cm³/mol. The second kappa shape index (κ2) is 7.92. The first-order valence-corrected chi connectivity index (χ1v) is 8.00. The van der Waals surface area contributed by atoms with Crippen molar-refractivity contribution in [2.24, 2.45) is 0 Å². The Morgan fingerprint density at radius 1 is 1.17 bits per heavy atom. The number of hydrogen-bond donors (Lipinski definition) is 0. The molecule has 1 fully saturated rings. The average Bonchev–Trinajstić information content (AvgIpc) is 2.57. The number of nitro groups is 1. The number of nitro benzene ring substituents is 1. The van der Waals surface area contributed by atoms with Gasteiger partial charge in [0.2, 0.25) is 0 Å². The molecule has 0 bridgehead atoms. The van der Waals surface area contributed by atoms with E-state index in [1.165, 1.54) is 24.3 Å². The molecule has 7 nitrogen and oxygen atoms in total. The van der Waals surface area contributed by atoms with E-state index >= 15 is 0 Å². The number of piperazine rings is 1. The van der Waals surface area contributed by atoms with E-state index in [4.69, 9.17) is 4.74 Å². The summed E-state index contributed by atoms with van der Waals surface area (Å²) in [7, 11) is 0. The molecule has 126 valence electrons. The molecule has 2 rings (SSSR count). The van der Waals surface area contributed by atoms with Crippen LogP contribution in [0.15, 0.2) is 24.3 Å². The lowest BCUT2D eigenvalue weighted by Gasteiger charge is -2.38. The van der Waals surface area contributed by atoms with Gasteiger partial charge in [-0.3, -0.25) is 15.0 Å². The number of carbonyl (C=O) groups is 1. The van der Waals surface area contributed by atoms with Gasteiger partial charge < -0.3 is 9.64 Å². The van der Waals surface area contributed by atoms with Gasteiger partial charge >= 0.3 is 6.09 Å². The number of carbonyl (C=O) groups excluding carboxylic acids is 1. The van der Waals surface area contributed by atoms with Gasteiger partial charge in [0.25, 0.3) is 5.69 Å². The van der Waals surface area contributed by atoms with Crippen LogP contribution < -0.4 is 4.74 Å². The molecule has 0 radical (unpaired) electrons. The zero-order valence-electron chi connectivity index (χ0n) is 13.6. The van der Waals surface area contributed by atoms with E-state index in [-0.39, 0.29) is 5.69 Å². The number of hydrogen-bond acceptors (Lipinski definition) is 5. The molecule has 1 aromatic carbocycles. The molecule has 0 spiro atoms. The van der Waals surface area contributed by atoms with Gasteiger partial charge in [0, 0.05) is 44.4 Å². The Bertz CT molecular complexity index is 535. The van der Waals surface area contributed by atoms with Gasteiger partial charge in [0.15, 0.2) is 0 Å². The summed E-state index contributed by atoms with van der Waals surface area (Å²) < 4.78 is 5.28. The summed E-state index contributed by atoms with van der Waals surface area (Å²) in [6.07, 6.45) is 1.83. The van der Waals surface area contributed by atoms with Crippen LogP contribution in [0.25, 0.3) is 0 Å². The number of rotatable bonds is 5. The van der Waals surface area contributed by atoms with Crippen molar-refractivity contribution in [3.8, 4) is 5.75 Å². The van der Waals surface area contributed by atoms with E-state index in [0.717, 1.165) is 25.9 Å². The van der Waals surface area contributed by atoms with Crippen molar-refractivity contribution < 1.29 is 14.5 Å². The standard InChI is InChI=1S/C16H23N3O4/c1-3-13(4-2)17-9-11-18(12-10-17)16(20)23-15-7-5-14(6-8-15)19(21)22/h5-8,13H,3-4,9-12H2,1-2H3. The van der Waals surface area contributed by atoms with Crippen LogP contribution in [0.3, 0.4) is 0 Å². The zero-order valence-corrected chi connectivity index (χ0v) is 13.6. The fraction of sp³-hybridized carbons (Fsp3) is 0.562. The molecule has 1 aliphatic heterocycles. The quantitative estimate of drug-likeness (QED) is 0.615. The molecular weight excluding hydrogens is 298 g/mol. The average molecular weight is 321 g/mol. The number of benzene rings is 1. The van der Waals surface area contributed by atoms with Crippen LogP contribution in [-0.2, 0) is 0 Å². The zero-order chi connectivity index (χ0) is 16.8. The molecule has 7 heteroatoms. The first-order valence-electron chi connectivity index (χ1n) is 8.00. The van der Waals surface area contributed by atoms with E-state index in [9.17, 15) is 14.9 Å². The van der Waals surface area contributed by atoms with E-state index in [0.29, 0.717) is 24.9 Å². The van der Waals surface area contributed by atoms with Crippen LogP contribution in [-0.4, -0.2) is 53.0 Å². The van der Waals surface area contributed by atoms with Crippen LogP contribution in [0.1, 0.15) is 26.7 Å². The van der Waals surface area contributed by atoms with Gasteiger partial charge in [-0.25, -0.2) is 4.79 Å². The molecule has 0 atom stereocenters. The Morgan fingerprint density at radius 2 is 1.74 bits per heavy atom. The Hall–Kier alpha value is -2.15. The molecule has 0 N–H and O–H groups in total. The molecule has 1 aromatic rings. The van der Waals surface area contributed by atoms with Crippen molar-refractivity contribution in [3.63, 3.8) is 0 Å². The van der Waals surface area contributed by atoms with Crippen LogP contribution >= 0.6 is 0 Å². The third kappa shape index (κ3) is 4.41. The number of non-ortho nitro benzene ring substituents is 1. The summed E-state index contributed by atoms with van der Waals surface area (Å²) >= 11 is 0. The molecule has 1 heterocycles. The maximum atomic E-state index is 12.2. The molecule has 23 heavy (non-hydrogen) atoms. The highest BCUT2D eigenvalue weighted by atomic mass is 16.6. The van der Waals surface area contributed by atoms with Gasteiger partial charge in [-0.2, -0.15) is 0 Å². The minimum Gasteiger partial charge on any atom is -0.410 e. The lowest BCUT2D eigenvalue weighted by molar-refractivity contribution is -0.384. The minimum absolute atomic E-state index is 0.0245. The molecule has 1 amide bonds. The molecule has 0 unspecified atom stereocenters. The van der Waals surface area contributed by atoms with Crippen LogP contribution in [0.5, 0.6) is 5.75 Å². The molecule has 0 aliphatic carbocycles. The fourth-order valence-electron chi connectivity index (χ4n) is 2.88. The molecular formula is C16H23N3O4. The largest absolute Gasteiger partial charge is 0.415 e. The van der Waals surface area contributed by atoms with Crippen LogP contribution in [0, 0.1) is 10.1 Å². The third-order valence-corrected chi connectivity index (χ3v) is 4.28. The molecule has 0 aromatic heterocycles. The second-order valence-corrected chi connectivity index (χ2v) is 5.61. The Labute approximate surface area is 136 Å². The predicted octanol–water partition coefficient (Wildman–Crippen LogP) is 2.90. The van der Waals surface area contributed by atoms with Crippen LogP contribution in [0.2, 0.25) is 0 Å². The van der Waals surface area contributed by atoms with Gasteiger partial charge in [-0.05, 0) is 25.0 Å². The molecule has 0 saturated carbocycles. The summed E-state index contributed by atoms with van der Waals surface area (Å²) in [5.41, 5.74) is -0.0245. The van der Waals surface area contributed by atoms with Gasteiger partial charge in [-0.15, -0.1) is 0 Å². The van der Waals surface area contributed by atoms with Crippen molar-refractivity contribution in [3.05, 3.63) is 34.4 Å². The lowest BCUT2D eigenvalue weighted by Crippen LogP contribution is -2.52. The summed E-state index contributed by atoms with van der Waals surface area (Å²) in [5, 5.41) is 10.6. The van der Waals surface area contributed by atoms with Crippen LogP contribution in [0.4, 0.5) is 10.5 Å². The SMILES string of the molecule is CCC(CC)N1CCN(C(=O)Oc2ccc([N+](=O)[O-])cc2)CC1. The summed E-state index contributed by atoms with van der Waals surface area (Å²) in [4.78, 5) is 26.4. The Balaban J connectivity index is 1.86. The van der Waals surface area contributed by atoms with Gasteiger partial charge in [-0.1, -0.05) is 13.8 Å². The van der Waals surface area contributed by atoms with Crippen molar-refractivity contribution in [1.29, 1.82) is 0 Å². The Kier molecular flexibility index (Phi) is 5.92. The lowest BCUT2D eigenvalue weighted by atomic mass is 10.1. The number of nitrogens with zero attached hydrogens (tertiary/aromatic N) is 3.